The monoisotopic (exact) mass is 184 g/mol. The molecular formula is C8H9ClN2O. The second-order valence-corrected chi connectivity index (χ2v) is 3.50. The number of hydrogen-bond acceptors (Lipinski definition) is 2. The molecule has 0 atom stereocenters. The van der Waals surface area contributed by atoms with E-state index in [1.165, 1.54) is 0 Å². The summed E-state index contributed by atoms with van der Waals surface area (Å²) in [6.07, 6.45) is 2.23. The van der Waals surface area contributed by atoms with Gasteiger partial charge >= 0.3 is 0 Å². The highest BCUT2D eigenvalue weighted by molar-refractivity contribution is 6.30. The Balaban J connectivity index is 2.53. The molecule has 1 N–H and O–H groups in total. The van der Waals surface area contributed by atoms with E-state index in [1.54, 1.807) is 6.92 Å². The van der Waals surface area contributed by atoms with Gasteiger partial charge in [0, 0.05) is 5.92 Å². The molecule has 1 aliphatic rings. The number of H-pyrrole nitrogens is 1. The van der Waals surface area contributed by atoms with E-state index in [0.29, 0.717) is 16.6 Å². The lowest BCUT2D eigenvalue weighted by Gasteiger charge is -1.99. The van der Waals surface area contributed by atoms with Crippen molar-refractivity contribution in [2.24, 2.45) is 0 Å². The highest BCUT2D eigenvalue weighted by Gasteiger charge is 2.26. The second-order valence-electron chi connectivity index (χ2n) is 3.14. The quantitative estimate of drug-likeness (QED) is 0.674. The zero-order valence-corrected chi connectivity index (χ0v) is 7.48. The van der Waals surface area contributed by atoms with Gasteiger partial charge in [-0.25, -0.2) is 4.98 Å². The Hall–Kier alpha value is -0.830. The summed E-state index contributed by atoms with van der Waals surface area (Å²) < 4.78 is 0. The fourth-order valence-electron chi connectivity index (χ4n) is 1.07. The van der Waals surface area contributed by atoms with Crippen molar-refractivity contribution in [3.8, 4) is 0 Å². The molecule has 0 aromatic carbocycles. The van der Waals surface area contributed by atoms with Gasteiger partial charge in [-0.3, -0.25) is 4.79 Å². The Labute approximate surface area is 74.8 Å². The van der Waals surface area contributed by atoms with E-state index < -0.39 is 0 Å². The van der Waals surface area contributed by atoms with Gasteiger partial charge in [0.05, 0.1) is 5.56 Å². The molecule has 1 saturated carbocycles. The van der Waals surface area contributed by atoms with Crippen LogP contribution in [0.2, 0.25) is 5.15 Å². The molecule has 1 heterocycles. The minimum atomic E-state index is -0.114. The molecule has 2 rings (SSSR count). The molecule has 1 fully saturated rings. The molecule has 0 radical (unpaired) electrons. The van der Waals surface area contributed by atoms with Crippen LogP contribution < -0.4 is 5.56 Å². The molecule has 4 heteroatoms. The average Bonchev–Trinajstić information content (AvgIpc) is 2.81. The van der Waals surface area contributed by atoms with Crippen LogP contribution in [0.3, 0.4) is 0 Å². The van der Waals surface area contributed by atoms with Crippen LogP contribution in [-0.4, -0.2) is 9.97 Å². The molecule has 1 aromatic heterocycles. The van der Waals surface area contributed by atoms with Crippen LogP contribution in [-0.2, 0) is 0 Å². The van der Waals surface area contributed by atoms with E-state index in [2.05, 4.69) is 9.97 Å². The van der Waals surface area contributed by atoms with Gasteiger partial charge in [-0.1, -0.05) is 11.6 Å². The Morgan fingerprint density at radius 2 is 2.25 bits per heavy atom. The number of halogens is 1. The third-order valence-corrected chi connectivity index (χ3v) is 2.44. The molecule has 3 nitrogen and oxygen atoms in total. The van der Waals surface area contributed by atoms with E-state index >= 15 is 0 Å². The predicted octanol–water partition coefficient (Wildman–Crippen LogP) is 1.61. The van der Waals surface area contributed by atoms with Crippen molar-refractivity contribution in [2.45, 2.75) is 25.7 Å². The van der Waals surface area contributed by atoms with Gasteiger partial charge in [-0.15, -0.1) is 0 Å². The number of aromatic amines is 1. The molecule has 0 aliphatic heterocycles. The molecule has 1 aromatic rings. The molecule has 0 spiro atoms. The van der Waals surface area contributed by atoms with Crippen molar-refractivity contribution < 1.29 is 0 Å². The summed E-state index contributed by atoms with van der Waals surface area (Å²) in [5, 5.41) is 0.334. The van der Waals surface area contributed by atoms with Crippen LogP contribution in [0.5, 0.6) is 0 Å². The van der Waals surface area contributed by atoms with Crippen molar-refractivity contribution in [1.82, 2.24) is 9.97 Å². The predicted molar refractivity (Wildman–Crippen MR) is 46.6 cm³/mol. The fraction of sp³-hybridized carbons (Fsp3) is 0.500. The van der Waals surface area contributed by atoms with E-state index in [0.717, 1.165) is 18.7 Å². The van der Waals surface area contributed by atoms with Crippen LogP contribution in [0.15, 0.2) is 4.79 Å². The van der Waals surface area contributed by atoms with Crippen LogP contribution in [0.4, 0.5) is 0 Å². The van der Waals surface area contributed by atoms with E-state index in [9.17, 15) is 4.79 Å². The van der Waals surface area contributed by atoms with Gasteiger partial charge in [-0.05, 0) is 19.8 Å². The average molecular weight is 185 g/mol. The summed E-state index contributed by atoms with van der Waals surface area (Å²) in [5.41, 5.74) is 0.387. The lowest BCUT2D eigenvalue weighted by molar-refractivity contribution is 0.896. The van der Waals surface area contributed by atoms with Crippen LogP contribution in [0.1, 0.15) is 30.1 Å². The SMILES string of the molecule is Cc1c(Cl)nc(C2CC2)[nH]c1=O. The first-order valence-electron chi connectivity index (χ1n) is 3.95. The molecular weight excluding hydrogens is 176 g/mol. The summed E-state index contributed by atoms with van der Waals surface area (Å²) in [4.78, 5) is 18.0. The fourth-order valence-corrected chi connectivity index (χ4v) is 1.25. The number of hydrogen-bond donors (Lipinski definition) is 1. The Bertz CT molecular complexity index is 368. The zero-order valence-electron chi connectivity index (χ0n) is 6.72. The van der Waals surface area contributed by atoms with Gasteiger partial charge in [0.25, 0.3) is 5.56 Å². The maximum Gasteiger partial charge on any atom is 0.255 e. The first kappa shape index (κ1) is 7.80. The van der Waals surface area contributed by atoms with Crippen molar-refractivity contribution in [3.63, 3.8) is 0 Å². The zero-order chi connectivity index (χ0) is 8.72. The topological polar surface area (TPSA) is 45.8 Å². The molecule has 64 valence electrons. The standard InChI is InChI=1S/C8H9ClN2O/c1-4-6(9)10-7(5-2-3-5)11-8(4)12/h5H,2-3H2,1H3,(H,10,11,12). The number of nitrogens with zero attached hydrogens (tertiary/aromatic N) is 1. The van der Waals surface area contributed by atoms with Crippen molar-refractivity contribution in [3.05, 3.63) is 26.9 Å². The number of nitrogens with one attached hydrogen (secondary N) is 1. The summed E-state index contributed by atoms with van der Waals surface area (Å²) in [6, 6.07) is 0. The minimum absolute atomic E-state index is 0.114. The molecule has 0 bridgehead atoms. The van der Waals surface area contributed by atoms with E-state index in [1.807, 2.05) is 0 Å². The van der Waals surface area contributed by atoms with E-state index in [4.69, 9.17) is 11.6 Å². The summed E-state index contributed by atoms with van der Waals surface area (Å²) in [6.45, 7) is 1.67. The van der Waals surface area contributed by atoms with Crippen molar-refractivity contribution in [2.75, 3.05) is 0 Å². The van der Waals surface area contributed by atoms with Gasteiger partial charge < -0.3 is 4.98 Å². The molecule has 0 unspecified atom stereocenters. The largest absolute Gasteiger partial charge is 0.310 e. The van der Waals surface area contributed by atoms with Crippen LogP contribution in [0.25, 0.3) is 0 Å². The number of aromatic nitrogens is 2. The van der Waals surface area contributed by atoms with Gasteiger partial charge in [0.15, 0.2) is 0 Å². The lowest BCUT2D eigenvalue weighted by atomic mass is 10.3. The first-order chi connectivity index (χ1) is 5.68. The molecule has 1 aliphatic carbocycles. The highest BCUT2D eigenvalue weighted by atomic mass is 35.5. The molecule has 0 saturated heterocycles. The highest BCUT2D eigenvalue weighted by Crippen LogP contribution is 2.37. The first-order valence-corrected chi connectivity index (χ1v) is 4.32. The van der Waals surface area contributed by atoms with Crippen molar-refractivity contribution in [1.29, 1.82) is 0 Å². The Morgan fingerprint density at radius 1 is 1.58 bits per heavy atom. The summed E-state index contributed by atoms with van der Waals surface area (Å²) in [7, 11) is 0. The third-order valence-electron chi connectivity index (χ3n) is 2.07. The third kappa shape index (κ3) is 1.25. The summed E-state index contributed by atoms with van der Waals surface area (Å²) >= 11 is 5.76. The van der Waals surface area contributed by atoms with Crippen LogP contribution in [0, 0.1) is 6.92 Å². The minimum Gasteiger partial charge on any atom is -0.310 e. The van der Waals surface area contributed by atoms with Crippen LogP contribution >= 0.6 is 11.6 Å². The molecule has 0 amide bonds. The maximum atomic E-state index is 11.2. The summed E-state index contributed by atoms with van der Waals surface area (Å²) in [5.74, 6) is 1.19. The van der Waals surface area contributed by atoms with E-state index in [-0.39, 0.29) is 5.56 Å². The Kier molecular flexibility index (Phi) is 1.68. The lowest BCUT2D eigenvalue weighted by Crippen LogP contribution is -2.14. The van der Waals surface area contributed by atoms with Gasteiger partial charge in [0.1, 0.15) is 11.0 Å². The van der Waals surface area contributed by atoms with Gasteiger partial charge in [0.2, 0.25) is 0 Å². The molecule has 12 heavy (non-hydrogen) atoms. The smallest absolute Gasteiger partial charge is 0.255 e. The maximum absolute atomic E-state index is 11.2. The number of rotatable bonds is 1. The van der Waals surface area contributed by atoms with Gasteiger partial charge in [-0.2, -0.15) is 0 Å². The normalized spacial score (nSPS) is 16.5. The Morgan fingerprint density at radius 3 is 2.75 bits per heavy atom. The van der Waals surface area contributed by atoms with Crippen molar-refractivity contribution >= 4 is 11.6 Å². The second kappa shape index (κ2) is 2.59.